The second-order valence-electron chi connectivity index (χ2n) is 6.68. The quantitative estimate of drug-likeness (QED) is 0.895. The van der Waals surface area contributed by atoms with Gasteiger partial charge in [-0.3, -0.25) is 4.90 Å². The molecule has 0 aliphatic carbocycles. The van der Waals surface area contributed by atoms with Crippen LogP contribution in [0.4, 0.5) is 5.95 Å². The van der Waals surface area contributed by atoms with Gasteiger partial charge in [0.25, 0.3) is 0 Å². The molecule has 2 heterocycles. The van der Waals surface area contributed by atoms with Crippen molar-refractivity contribution in [1.82, 2.24) is 20.2 Å². The van der Waals surface area contributed by atoms with Gasteiger partial charge in [-0.2, -0.15) is 0 Å². The average Bonchev–Trinajstić information content (AvgIpc) is 2.44. The summed E-state index contributed by atoms with van der Waals surface area (Å²) in [6, 6.07) is 1.06. The molecule has 2 unspecified atom stereocenters. The minimum absolute atomic E-state index is 0.532. The van der Waals surface area contributed by atoms with Crippen molar-refractivity contribution in [1.29, 1.82) is 0 Å². The van der Waals surface area contributed by atoms with Crippen LogP contribution in [-0.2, 0) is 6.54 Å². The van der Waals surface area contributed by atoms with Crippen LogP contribution >= 0.6 is 0 Å². The molecule has 1 saturated heterocycles. The molecule has 0 amide bonds. The third kappa shape index (κ3) is 4.38. The lowest BCUT2D eigenvalue weighted by atomic mass is 10.1. The van der Waals surface area contributed by atoms with Gasteiger partial charge in [-0.15, -0.1) is 0 Å². The Bertz CT molecular complexity index is 419. The van der Waals surface area contributed by atoms with Crippen molar-refractivity contribution in [3.63, 3.8) is 0 Å². The van der Waals surface area contributed by atoms with Gasteiger partial charge in [0.05, 0.1) is 0 Å². The Morgan fingerprint density at radius 1 is 1.19 bits per heavy atom. The molecule has 0 spiro atoms. The standard InChI is InChI=1S/C16H29N5/c1-12(2)6-17-7-15-8-18-16(19-9-15)21-10-13(3)20(5)14(4)11-21/h8-9,12-14,17H,6-7,10-11H2,1-5H3. The third-order valence-electron chi connectivity index (χ3n) is 4.22. The molecule has 118 valence electrons. The molecule has 21 heavy (non-hydrogen) atoms. The molecule has 5 nitrogen and oxygen atoms in total. The van der Waals surface area contributed by atoms with E-state index in [0.717, 1.165) is 37.7 Å². The summed E-state index contributed by atoms with van der Waals surface area (Å²) in [5.41, 5.74) is 1.15. The lowest BCUT2D eigenvalue weighted by molar-refractivity contribution is 0.169. The second kappa shape index (κ2) is 7.18. The molecule has 1 aromatic heterocycles. The van der Waals surface area contributed by atoms with Crippen LogP contribution in [0.5, 0.6) is 0 Å². The summed E-state index contributed by atoms with van der Waals surface area (Å²) in [5.74, 6) is 1.52. The smallest absolute Gasteiger partial charge is 0.225 e. The molecule has 0 saturated carbocycles. The zero-order valence-corrected chi connectivity index (χ0v) is 14.0. The maximum absolute atomic E-state index is 4.55. The zero-order valence-electron chi connectivity index (χ0n) is 14.0. The number of nitrogens with one attached hydrogen (secondary N) is 1. The first-order valence-electron chi connectivity index (χ1n) is 7.96. The maximum Gasteiger partial charge on any atom is 0.225 e. The van der Waals surface area contributed by atoms with Crippen LogP contribution in [0.3, 0.4) is 0 Å². The zero-order chi connectivity index (χ0) is 15.4. The minimum Gasteiger partial charge on any atom is -0.338 e. The third-order valence-corrected chi connectivity index (χ3v) is 4.22. The number of likely N-dealkylation sites (N-methyl/N-ethyl adjacent to an activating group) is 1. The molecule has 1 N–H and O–H groups in total. The Labute approximate surface area is 128 Å². The van der Waals surface area contributed by atoms with Crippen LogP contribution in [0.15, 0.2) is 12.4 Å². The summed E-state index contributed by atoms with van der Waals surface area (Å²) in [4.78, 5) is 13.8. The normalized spacial score (nSPS) is 23.8. The second-order valence-corrected chi connectivity index (χ2v) is 6.68. The van der Waals surface area contributed by atoms with E-state index in [9.17, 15) is 0 Å². The van der Waals surface area contributed by atoms with Crippen LogP contribution < -0.4 is 10.2 Å². The van der Waals surface area contributed by atoms with Gasteiger partial charge in [0.2, 0.25) is 5.95 Å². The van der Waals surface area contributed by atoms with Crippen molar-refractivity contribution < 1.29 is 0 Å². The summed E-state index contributed by atoms with van der Waals surface area (Å²) in [6.45, 7) is 12.8. The Hall–Kier alpha value is -1.20. The molecular formula is C16H29N5. The highest BCUT2D eigenvalue weighted by Gasteiger charge is 2.27. The molecule has 2 rings (SSSR count). The molecule has 2 atom stereocenters. The number of hydrogen-bond donors (Lipinski definition) is 1. The van der Waals surface area contributed by atoms with E-state index in [1.165, 1.54) is 0 Å². The summed E-state index contributed by atoms with van der Waals surface area (Å²) in [5, 5.41) is 3.42. The van der Waals surface area contributed by atoms with Gasteiger partial charge >= 0.3 is 0 Å². The Morgan fingerprint density at radius 3 is 2.29 bits per heavy atom. The van der Waals surface area contributed by atoms with Gasteiger partial charge in [0.15, 0.2) is 0 Å². The SMILES string of the molecule is CC(C)CNCc1cnc(N2CC(C)N(C)C(C)C2)nc1. The molecule has 5 heteroatoms. The summed E-state index contributed by atoms with van der Waals surface area (Å²) >= 11 is 0. The van der Waals surface area contributed by atoms with Crippen LogP contribution in [0, 0.1) is 5.92 Å². The minimum atomic E-state index is 0.532. The van der Waals surface area contributed by atoms with Crippen molar-refractivity contribution in [2.45, 2.75) is 46.3 Å². The van der Waals surface area contributed by atoms with E-state index >= 15 is 0 Å². The van der Waals surface area contributed by atoms with Gasteiger partial charge in [0.1, 0.15) is 0 Å². The van der Waals surface area contributed by atoms with Crippen molar-refractivity contribution in [3.8, 4) is 0 Å². The number of rotatable bonds is 5. The predicted octanol–water partition coefficient (Wildman–Crippen LogP) is 1.75. The van der Waals surface area contributed by atoms with Gasteiger partial charge in [0, 0.05) is 49.7 Å². The molecule has 0 radical (unpaired) electrons. The Balaban J connectivity index is 1.92. The fraction of sp³-hybridized carbons (Fsp3) is 0.750. The van der Waals surface area contributed by atoms with E-state index in [1.54, 1.807) is 0 Å². The first kappa shape index (κ1) is 16.2. The van der Waals surface area contributed by atoms with Crippen LogP contribution in [0.1, 0.15) is 33.3 Å². The first-order valence-corrected chi connectivity index (χ1v) is 7.96. The van der Waals surface area contributed by atoms with Gasteiger partial charge in [-0.25, -0.2) is 9.97 Å². The molecule has 0 aromatic carbocycles. The molecule has 1 aliphatic heterocycles. The lowest BCUT2D eigenvalue weighted by Crippen LogP contribution is -2.55. The molecular weight excluding hydrogens is 262 g/mol. The van der Waals surface area contributed by atoms with Crippen molar-refractivity contribution in [3.05, 3.63) is 18.0 Å². The molecule has 1 aliphatic rings. The lowest BCUT2D eigenvalue weighted by Gasteiger charge is -2.42. The number of anilines is 1. The van der Waals surface area contributed by atoms with E-state index in [-0.39, 0.29) is 0 Å². The molecule has 0 bridgehead atoms. The number of nitrogens with zero attached hydrogens (tertiary/aromatic N) is 4. The summed E-state index contributed by atoms with van der Waals surface area (Å²) in [7, 11) is 2.19. The van der Waals surface area contributed by atoms with Crippen LogP contribution in [0.25, 0.3) is 0 Å². The number of hydrogen-bond acceptors (Lipinski definition) is 5. The van der Waals surface area contributed by atoms with E-state index in [4.69, 9.17) is 0 Å². The first-order chi connectivity index (χ1) is 9.97. The Morgan fingerprint density at radius 2 is 1.76 bits per heavy atom. The molecule has 1 fully saturated rings. The van der Waals surface area contributed by atoms with Crippen LogP contribution in [0.2, 0.25) is 0 Å². The fourth-order valence-electron chi connectivity index (χ4n) is 2.68. The van der Waals surface area contributed by atoms with Crippen molar-refractivity contribution in [2.24, 2.45) is 5.92 Å². The summed E-state index contributed by atoms with van der Waals surface area (Å²) in [6.07, 6.45) is 3.90. The predicted molar refractivity (Wildman–Crippen MR) is 87.5 cm³/mol. The highest BCUT2D eigenvalue weighted by molar-refractivity contribution is 5.31. The monoisotopic (exact) mass is 291 g/mol. The van der Waals surface area contributed by atoms with Gasteiger partial charge in [-0.05, 0) is 33.4 Å². The average molecular weight is 291 g/mol. The van der Waals surface area contributed by atoms with Gasteiger partial charge in [-0.1, -0.05) is 13.8 Å². The van der Waals surface area contributed by atoms with Crippen LogP contribution in [-0.4, -0.2) is 53.6 Å². The fourth-order valence-corrected chi connectivity index (χ4v) is 2.68. The Kier molecular flexibility index (Phi) is 5.53. The van der Waals surface area contributed by atoms with Crippen molar-refractivity contribution >= 4 is 5.95 Å². The van der Waals surface area contributed by atoms with E-state index in [0.29, 0.717) is 18.0 Å². The highest BCUT2D eigenvalue weighted by atomic mass is 15.3. The van der Waals surface area contributed by atoms with E-state index in [1.807, 2.05) is 12.4 Å². The molecule has 1 aromatic rings. The van der Waals surface area contributed by atoms with Gasteiger partial charge < -0.3 is 10.2 Å². The number of aromatic nitrogens is 2. The number of piperazine rings is 1. The maximum atomic E-state index is 4.55. The largest absolute Gasteiger partial charge is 0.338 e. The topological polar surface area (TPSA) is 44.3 Å². The summed E-state index contributed by atoms with van der Waals surface area (Å²) < 4.78 is 0. The van der Waals surface area contributed by atoms with E-state index < -0.39 is 0 Å². The van der Waals surface area contributed by atoms with E-state index in [2.05, 4.69) is 59.8 Å². The highest BCUT2D eigenvalue weighted by Crippen LogP contribution is 2.17. The van der Waals surface area contributed by atoms with Crippen molar-refractivity contribution in [2.75, 3.05) is 31.6 Å².